The maximum atomic E-state index is 12.7. The van der Waals surface area contributed by atoms with Crippen molar-refractivity contribution in [1.82, 2.24) is 15.3 Å². The lowest BCUT2D eigenvalue weighted by molar-refractivity contribution is -0.121. The largest absolute Gasteiger partial charge is 0.372 e. The van der Waals surface area contributed by atoms with E-state index in [0.29, 0.717) is 36.7 Å². The van der Waals surface area contributed by atoms with Gasteiger partial charge in [-0.2, -0.15) is 5.26 Å². The fraction of sp³-hybridized carbons (Fsp3) is 0.524. The number of ether oxygens (including phenoxy) is 1. The summed E-state index contributed by atoms with van der Waals surface area (Å²) < 4.78 is 5.83. The summed E-state index contributed by atoms with van der Waals surface area (Å²) in [6, 6.07) is 9.67. The lowest BCUT2D eigenvalue weighted by atomic mass is 10.0. The van der Waals surface area contributed by atoms with E-state index in [0.717, 1.165) is 18.4 Å². The third-order valence-corrected chi connectivity index (χ3v) is 4.79. The number of carbonyl (C=O) groups excluding carboxylic acids is 1. The van der Waals surface area contributed by atoms with Crippen LogP contribution in [0.2, 0.25) is 0 Å². The molecule has 1 aromatic carbocycles. The molecular formula is C21H27N5O2. The van der Waals surface area contributed by atoms with Crippen LogP contribution in [0.1, 0.15) is 45.2 Å². The van der Waals surface area contributed by atoms with Gasteiger partial charge in [-0.05, 0) is 32.4 Å². The number of fused-ring (bicyclic) bond motifs is 1. The third kappa shape index (κ3) is 4.39. The molecule has 7 heteroatoms. The van der Waals surface area contributed by atoms with Crippen molar-refractivity contribution in [1.29, 1.82) is 5.26 Å². The van der Waals surface area contributed by atoms with Crippen LogP contribution in [-0.2, 0) is 9.53 Å². The topological polar surface area (TPSA) is 91.1 Å². The highest BCUT2D eigenvalue weighted by atomic mass is 16.5. The lowest BCUT2D eigenvalue weighted by Gasteiger charge is -2.37. The molecule has 0 spiro atoms. The molecule has 1 aliphatic heterocycles. The number of rotatable bonds is 6. The molecule has 3 rings (SSSR count). The fourth-order valence-electron chi connectivity index (χ4n) is 3.52. The van der Waals surface area contributed by atoms with Crippen molar-refractivity contribution in [2.24, 2.45) is 0 Å². The van der Waals surface area contributed by atoms with Gasteiger partial charge >= 0.3 is 0 Å². The van der Waals surface area contributed by atoms with Gasteiger partial charge < -0.3 is 15.0 Å². The SMILES string of the molecule is CCCCNC(=O)[C@@H](C#N)c1nc2ccccc2nc1N1C[C@@H](C)O[C@@H](C)C1. The Morgan fingerprint density at radius 1 is 1.29 bits per heavy atom. The Morgan fingerprint density at radius 3 is 2.54 bits per heavy atom. The molecule has 1 aromatic heterocycles. The average molecular weight is 381 g/mol. The van der Waals surface area contributed by atoms with Crippen LogP contribution in [-0.4, -0.2) is 47.7 Å². The van der Waals surface area contributed by atoms with Gasteiger partial charge in [0.25, 0.3) is 0 Å². The van der Waals surface area contributed by atoms with E-state index in [1.54, 1.807) is 0 Å². The van der Waals surface area contributed by atoms with Gasteiger partial charge in [-0.3, -0.25) is 4.79 Å². The molecule has 1 fully saturated rings. The fourth-order valence-corrected chi connectivity index (χ4v) is 3.52. The smallest absolute Gasteiger partial charge is 0.243 e. The first-order valence-corrected chi connectivity index (χ1v) is 9.87. The zero-order valence-corrected chi connectivity index (χ0v) is 16.7. The zero-order chi connectivity index (χ0) is 20.1. The van der Waals surface area contributed by atoms with Crippen LogP contribution in [0.25, 0.3) is 11.0 Å². The van der Waals surface area contributed by atoms with Crippen molar-refractivity contribution in [2.75, 3.05) is 24.5 Å². The summed E-state index contributed by atoms with van der Waals surface area (Å²) in [6.45, 7) is 7.91. The molecule has 0 aliphatic carbocycles. The van der Waals surface area contributed by atoms with E-state index in [9.17, 15) is 10.1 Å². The summed E-state index contributed by atoms with van der Waals surface area (Å²) >= 11 is 0. The molecule has 1 aliphatic rings. The van der Waals surface area contributed by atoms with Crippen LogP contribution < -0.4 is 10.2 Å². The monoisotopic (exact) mass is 381 g/mol. The normalized spacial score (nSPS) is 20.6. The van der Waals surface area contributed by atoms with Crippen molar-refractivity contribution in [2.45, 2.75) is 51.7 Å². The van der Waals surface area contributed by atoms with Gasteiger partial charge in [-0.1, -0.05) is 25.5 Å². The molecule has 148 valence electrons. The standard InChI is InChI=1S/C21H27N5O2/c1-4-5-10-23-21(27)16(11-22)19-20(26-12-14(2)28-15(3)13-26)25-18-9-7-6-8-17(18)24-19/h6-9,14-16H,4-5,10,12-13H2,1-3H3,(H,23,27)/t14-,15+,16-/m0/s1. The van der Waals surface area contributed by atoms with E-state index in [2.05, 4.69) is 23.2 Å². The van der Waals surface area contributed by atoms with E-state index >= 15 is 0 Å². The number of anilines is 1. The number of benzene rings is 1. The molecule has 1 saturated heterocycles. The molecular weight excluding hydrogens is 354 g/mol. The number of hydrogen-bond acceptors (Lipinski definition) is 6. The number of aromatic nitrogens is 2. The van der Waals surface area contributed by atoms with E-state index in [1.165, 1.54) is 0 Å². The van der Waals surface area contributed by atoms with Crippen LogP contribution in [0, 0.1) is 11.3 Å². The summed E-state index contributed by atoms with van der Waals surface area (Å²) in [5.41, 5.74) is 1.84. The Bertz CT molecular complexity index is 869. The summed E-state index contributed by atoms with van der Waals surface area (Å²) in [6.07, 6.45) is 1.91. The molecule has 0 unspecified atom stereocenters. The number of amides is 1. The highest BCUT2D eigenvalue weighted by Crippen LogP contribution is 2.29. The molecule has 28 heavy (non-hydrogen) atoms. The Morgan fingerprint density at radius 2 is 1.93 bits per heavy atom. The molecule has 2 aromatic rings. The number of carbonyl (C=O) groups is 1. The second-order valence-electron chi connectivity index (χ2n) is 7.29. The number of unbranched alkanes of at least 4 members (excludes halogenated alkanes) is 1. The first kappa shape index (κ1) is 20.0. The van der Waals surface area contributed by atoms with Gasteiger partial charge in [0.05, 0.1) is 29.3 Å². The van der Waals surface area contributed by atoms with E-state index in [4.69, 9.17) is 14.7 Å². The Hall–Kier alpha value is -2.72. The summed E-state index contributed by atoms with van der Waals surface area (Å²) in [7, 11) is 0. The Labute approximate surface area is 165 Å². The van der Waals surface area contributed by atoms with Crippen molar-refractivity contribution >= 4 is 22.8 Å². The molecule has 1 amide bonds. The number of para-hydroxylation sites is 2. The molecule has 2 heterocycles. The predicted octanol–water partition coefficient (Wildman–Crippen LogP) is 2.77. The van der Waals surface area contributed by atoms with Crippen LogP contribution >= 0.6 is 0 Å². The minimum atomic E-state index is -1.00. The molecule has 0 bridgehead atoms. The Balaban J connectivity index is 2.03. The minimum Gasteiger partial charge on any atom is -0.372 e. The highest BCUT2D eigenvalue weighted by Gasteiger charge is 2.31. The Kier molecular flexibility index (Phi) is 6.42. The number of nitrogens with one attached hydrogen (secondary N) is 1. The molecule has 0 radical (unpaired) electrons. The van der Waals surface area contributed by atoms with Gasteiger partial charge in [0.15, 0.2) is 11.7 Å². The number of hydrogen-bond donors (Lipinski definition) is 1. The second kappa shape index (κ2) is 8.98. The van der Waals surface area contributed by atoms with Gasteiger partial charge in [-0.25, -0.2) is 9.97 Å². The number of morpholine rings is 1. The minimum absolute atomic E-state index is 0.0313. The summed E-state index contributed by atoms with van der Waals surface area (Å²) in [5.74, 6) is -0.730. The lowest BCUT2D eigenvalue weighted by Crippen LogP contribution is -2.46. The van der Waals surface area contributed by atoms with Crippen molar-refractivity contribution in [3.8, 4) is 6.07 Å². The van der Waals surface area contributed by atoms with Gasteiger partial charge in [0.1, 0.15) is 5.69 Å². The predicted molar refractivity (Wildman–Crippen MR) is 108 cm³/mol. The van der Waals surface area contributed by atoms with Gasteiger partial charge in [0, 0.05) is 19.6 Å². The number of nitrogens with zero attached hydrogens (tertiary/aromatic N) is 4. The highest BCUT2D eigenvalue weighted by molar-refractivity contribution is 5.88. The van der Waals surface area contributed by atoms with Gasteiger partial charge in [0.2, 0.25) is 5.91 Å². The van der Waals surface area contributed by atoms with E-state index in [1.807, 2.05) is 38.1 Å². The molecule has 3 atom stereocenters. The first-order valence-electron chi connectivity index (χ1n) is 9.87. The first-order chi connectivity index (χ1) is 13.5. The third-order valence-electron chi connectivity index (χ3n) is 4.79. The van der Waals surface area contributed by atoms with Crippen LogP contribution in [0.5, 0.6) is 0 Å². The maximum Gasteiger partial charge on any atom is 0.243 e. The van der Waals surface area contributed by atoms with Crippen molar-refractivity contribution in [3.63, 3.8) is 0 Å². The average Bonchev–Trinajstić information content (AvgIpc) is 2.67. The molecule has 7 nitrogen and oxygen atoms in total. The molecule has 1 N–H and O–H groups in total. The van der Waals surface area contributed by atoms with Gasteiger partial charge in [-0.15, -0.1) is 0 Å². The van der Waals surface area contributed by atoms with Crippen LogP contribution in [0.15, 0.2) is 24.3 Å². The molecule has 0 saturated carbocycles. The van der Waals surface area contributed by atoms with Crippen molar-refractivity contribution in [3.05, 3.63) is 30.0 Å². The summed E-state index contributed by atoms with van der Waals surface area (Å²) in [5, 5.41) is 12.6. The van der Waals surface area contributed by atoms with Crippen LogP contribution in [0.4, 0.5) is 5.82 Å². The maximum absolute atomic E-state index is 12.7. The van der Waals surface area contributed by atoms with E-state index < -0.39 is 5.92 Å². The second-order valence-corrected chi connectivity index (χ2v) is 7.29. The number of nitriles is 1. The zero-order valence-electron chi connectivity index (χ0n) is 16.7. The van der Waals surface area contributed by atoms with E-state index in [-0.39, 0.29) is 18.1 Å². The quantitative estimate of drug-likeness (QED) is 0.774. The van der Waals surface area contributed by atoms with Crippen molar-refractivity contribution < 1.29 is 9.53 Å². The summed E-state index contributed by atoms with van der Waals surface area (Å²) in [4.78, 5) is 24.3. The van der Waals surface area contributed by atoms with Crippen LogP contribution in [0.3, 0.4) is 0 Å².